The van der Waals surface area contributed by atoms with Crippen LogP contribution >= 0.6 is 0 Å². The number of hydrogen-bond donors (Lipinski definition) is 2. The SMILES string of the molecule is C=CCOc1ccccc1CNC(CNC(=O)OC(C)(C)C)C(C)C. The zero-order valence-electron chi connectivity index (χ0n) is 16.1. The van der Waals surface area contributed by atoms with Gasteiger partial charge in [-0.15, -0.1) is 0 Å². The van der Waals surface area contributed by atoms with Crippen LogP contribution in [0.4, 0.5) is 4.79 Å². The lowest BCUT2D eigenvalue weighted by Gasteiger charge is -2.25. The summed E-state index contributed by atoms with van der Waals surface area (Å²) in [5, 5.41) is 6.33. The van der Waals surface area contributed by atoms with Crippen molar-refractivity contribution in [2.45, 2.75) is 52.8 Å². The molecule has 0 aliphatic rings. The Labute approximate surface area is 151 Å². The van der Waals surface area contributed by atoms with Gasteiger partial charge in [0, 0.05) is 24.7 Å². The molecule has 0 saturated heterocycles. The monoisotopic (exact) mass is 348 g/mol. The fourth-order valence-corrected chi connectivity index (χ4v) is 2.23. The molecule has 1 amide bonds. The van der Waals surface area contributed by atoms with Gasteiger partial charge in [-0.25, -0.2) is 4.79 Å². The van der Waals surface area contributed by atoms with Crippen molar-refractivity contribution in [3.05, 3.63) is 42.5 Å². The van der Waals surface area contributed by atoms with Crippen LogP contribution in [0.2, 0.25) is 0 Å². The maximum absolute atomic E-state index is 11.8. The molecule has 1 aromatic carbocycles. The maximum atomic E-state index is 11.8. The summed E-state index contributed by atoms with van der Waals surface area (Å²) in [4.78, 5) is 11.8. The fourth-order valence-electron chi connectivity index (χ4n) is 2.23. The maximum Gasteiger partial charge on any atom is 0.407 e. The Kier molecular flexibility index (Phi) is 8.49. The molecule has 0 aliphatic carbocycles. The smallest absolute Gasteiger partial charge is 0.407 e. The molecular formula is C20H32N2O3. The molecule has 1 rings (SSSR count). The van der Waals surface area contributed by atoms with E-state index in [0.29, 0.717) is 25.6 Å². The van der Waals surface area contributed by atoms with E-state index < -0.39 is 11.7 Å². The number of para-hydroxylation sites is 1. The van der Waals surface area contributed by atoms with Crippen molar-refractivity contribution < 1.29 is 14.3 Å². The number of ether oxygens (including phenoxy) is 2. The minimum absolute atomic E-state index is 0.125. The standard InChI is InChI=1S/C20H32N2O3/c1-7-12-24-18-11-9-8-10-16(18)13-21-17(15(2)3)14-22-19(23)25-20(4,5)6/h7-11,15,17,21H,1,12-14H2,2-6H3,(H,22,23). The van der Waals surface area contributed by atoms with Crippen LogP contribution in [0.25, 0.3) is 0 Å². The first-order valence-electron chi connectivity index (χ1n) is 8.74. The predicted octanol–water partition coefficient (Wildman–Crippen LogP) is 3.89. The molecule has 1 unspecified atom stereocenters. The quantitative estimate of drug-likeness (QED) is 0.665. The average Bonchev–Trinajstić information content (AvgIpc) is 2.51. The van der Waals surface area contributed by atoms with E-state index in [2.05, 4.69) is 31.1 Å². The normalized spacial score (nSPS) is 12.6. The van der Waals surface area contributed by atoms with Gasteiger partial charge in [-0.05, 0) is 32.8 Å². The Morgan fingerprint density at radius 2 is 1.96 bits per heavy atom. The summed E-state index contributed by atoms with van der Waals surface area (Å²) >= 11 is 0. The Hall–Kier alpha value is -2.01. The van der Waals surface area contributed by atoms with E-state index in [0.717, 1.165) is 11.3 Å². The molecule has 0 aliphatic heterocycles. The number of hydrogen-bond acceptors (Lipinski definition) is 4. The van der Waals surface area contributed by atoms with Crippen LogP contribution in [0.15, 0.2) is 36.9 Å². The number of rotatable bonds is 9. The second kappa shape index (κ2) is 10.1. The highest BCUT2D eigenvalue weighted by atomic mass is 16.6. The summed E-state index contributed by atoms with van der Waals surface area (Å²) in [7, 11) is 0. The molecule has 1 aromatic rings. The summed E-state index contributed by atoms with van der Waals surface area (Å²) in [5.41, 5.74) is 0.582. The highest BCUT2D eigenvalue weighted by Gasteiger charge is 2.19. The summed E-state index contributed by atoms with van der Waals surface area (Å²) in [6, 6.07) is 8.04. The van der Waals surface area contributed by atoms with E-state index in [1.165, 1.54) is 0 Å². The van der Waals surface area contributed by atoms with Crippen LogP contribution in [0, 0.1) is 5.92 Å². The lowest BCUT2D eigenvalue weighted by atomic mass is 10.0. The molecule has 1 atom stereocenters. The molecule has 0 radical (unpaired) electrons. The van der Waals surface area contributed by atoms with E-state index >= 15 is 0 Å². The fraction of sp³-hybridized carbons (Fsp3) is 0.550. The topological polar surface area (TPSA) is 59.6 Å². The second-order valence-corrected chi connectivity index (χ2v) is 7.32. The van der Waals surface area contributed by atoms with Gasteiger partial charge in [-0.1, -0.05) is 44.7 Å². The van der Waals surface area contributed by atoms with Crippen LogP contribution in [0.1, 0.15) is 40.2 Å². The Morgan fingerprint density at radius 1 is 1.28 bits per heavy atom. The van der Waals surface area contributed by atoms with E-state index in [9.17, 15) is 4.79 Å². The molecule has 0 heterocycles. The number of alkyl carbamates (subject to hydrolysis) is 1. The molecule has 5 nitrogen and oxygen atoms in total. The first kappa shape index (κ1) is 21.0. The first-order chi connectivity index (χ1) is 11.7. The number of carbonyl (C=O) groups excluding carboxylic acids is 1. The van der Waals surface area contributed by atoms with E-state index in [4.69, 9.17) is 9.47 Å². The lowest BCUT2D eigenvalue weighted by molar-refractivity contribution is 0.0519. The number of carbonyl (C=O) groups is 1. The molecule has 5 heteroatoms. The molecule has 2 N–H and O–H groups in total. The van der Waals surface area contributed by atoms with Crippen molar-refractivity contribution in [2.75, 3.05) is 13.2 Å². The molecule has 25 heavy (non-hydrogen) atoms. The van der Waals surface area contributed by atoms with Crippen LogP contribution < -0.4 is 15.4 Å². The second-order valence-electron chi connectivity index (χ2n) is 7.32. The van der Waals surface area contributed by atoms with E-state index in [1.807, 2.05) is 45.0 Å². The van der Waals surface area contributed by atoms with Crippen LogP contribution in [-0.4, -0.2) is 30.9 Å². The molecular weight excluding hydrogens is 316 g/mol. The van der Waals surface area contributed by atoms with Gasteiger partial charge >= 0.3 is 6.09 Å². The minimum atomic E-state index is -0.494. The number of benzene rings is 1. The number of amides is 1. The van der Waals surface area contributed by atoms with Crippen LogP contribution in [-0.2, 0) is 11.3 Å². The summed E-state index contributed by atoms with van der Waals surface area (Å²) in [6.45, 7) is 15.1. The Morgan fingerprint density at radius 3 is 2.56 bits per heavy atom. The molecule has 140 valence electrons. The van der Waals surface area contributed by atoms with Crippen molar-refractivity contribution in [3.63, 3.8) is 0 Å². The van der Waals surface area contributed by atoms with Crippen molar-refractivity contribution >= 4 is 6.09 Å². The lowest BCUT2D eigenvalue weighted by Crippen LogP contribution is -2.45. The van der Waals surface area contributed by atoms with Gasteiger partial charge in [-0.2, -0.15) is 0 Å². The van der Waals surface area contributed by atoms with Crippen molar-refractivity contribution in [1.82, 2.24) is 10.6 Å². The van der Waals surface area contributed by atoms with E-state index in [-0.39, 0.29) is 6.04 Å². The summed E-state index contributed by atoms with van der Waals surface area (Å²) in [5.74, 6) is 1.20. The molecule has 0 aromatic heterocycles. The van der Waals surface area contributed by atoms with Crippen LogP contribution in [0.3, 0.4) is 0 Å². The number of nitrogens with one attached hydrogen (secondary N) is 2. The molecule has 0 fully saturated rings. The molecule has 0 saturated carbocycles. The average molecular weight is 348 g/mol. The van der Waals surface area contributed by atoms with E-state index in [1.54, 1.807) is 6.08 Å². The van der Waals surface area contributed by atoms with Gasteiger partial charge in [0.1, 0.15) is 18.0 Å². The largest absolute Gasteiger partial charge is 0.489 e. The summed E-state index contributed by atoms with van der Waals surface area (Å²) in [6.07, 6.45) is 1.33. The highest BCUT2D eigenvalue weighted by molar-refractivity contribution is 5.67. The van der Waals surface area contributed by atoms with Gasteiger partial charge < -0.3 is 20.1 Å². The predicted molar refractivity (Wildman–Crippen MR) is 102 cm³/mol. The van der Waals surface area contributed by atoms with Gasteiger partial charge in [0.15, 0.2) is 0 Å². The van der Waals surface area contributed by atoms with Crippen molar-refractivity contribution in [3.8, 4) is 5.75 Å². The molecule has 0 spiro atoms. The molecule has 0 bridgehead atoms. The third-order valence-electron chi connectivity index (χ3n) is 3.55. The minimum Gasteiger partial charge on any atom is -0.489 e. The Bertz CT molecular complexity index is 550. The Balaban J connectivity index is 2.59. The van der Waals surface area contributed by atoms with Gasteiger partial charge in [0.25, 0.3) is 0 Å². The van der Waals surface area contributed by atoms with Gasteiger partial charge in [0.2, 0.25) is 0 Å². The zero-order chi connectivity index (χ0) is 18.9. The van der Waals surface area contributed by atoms with Crippen molar-refractivity contribution in [1.29, 1.82) is 0 Å². The van der Waals surface area contributed by atoms with Gasteiger partial charge in [0.05, 0.1) is 0 Å². The highest BCUT2D eigenvalue weighted by Crippen LogP contribution is 2.18. The third kappa shape index (κ3) is 8.59. The zero-order valence-corrected chi connectivity index (χ0v) is 16.1. The summed E-state index contributed by atoms with van der Waals surface area (Å²) < 4.78 is 11.0. The van der Waals surface area contributed by atoms with Crippen LogP contribution in [0.5, 0.6) is 5.75 Å². The third-order valence-corrected chi connectivity index (χ3v) is 3.55. The first-order valence-corrected chi connectivity index (χ1v) is 8.74. The van der Waals surface area contributed by atoms with Gasteiger partial charge in [-0.3, -0.25) is 0 Å². The van der Waals surface area contributed by atoms with Crippen molar-refractivity contribution in [2.24, 2.45) is 5.92 Å².